The van der Waals surface area contributed by atoms with Crippen LogP contribution in [0.2, 0.25) is 0 Å². The number of hydrogen-bond donors (Lipinski definition) is 1. The summed E-state index contributed by atoms with van der Waals surface area (Å²) in [5, 5.41) is 0.966. The number of benzene rings is 1. The highest BCUT2D eigenvalue weighted by Gasteiger charge is 2.14. The summed E-state index contributed by atoms with van der Waals surface area (Å²) in [5.74, 6) is -0.176. The molecule has 0 aliphatic rings. The Morgan fingerprint density at radius 1 is 1.28 bits per heavy atom. The number of aryl methyl sites for hydroxylation is 1. The fraction of sp³-hybridized carbons (Fsp3) is 0.467. The molecule has 0 unspecified atom stereocenters. The van der Waals surface area contributed by atoms with Crippen LogP contribution in [0.3, 0.4) is 0 Å². The third-order valence-electron chi connectivity index (χ3n) is 3.54. The van der Waals surface area contributed by atoms with E-state index in [-0.39, 0.29) is 11.2 Å². The minimum atomic E-state index is -0.176. The first-order chi connectivity index (χ1) is 8.52. The number of halogens is 1. The Bertz CT molecular complexity index is 528. The van der Waals surface area contributed by atoms with Crippen LogP contribution in [-0.2, 0) is 6.54 Å². The van der Waals surface area contributed by atoms with E-state index in [1.165, 1.54) is 6.07 Å². The molecule has 2 aromatic rings. The quantitative estimate of drug-likeness (QED) is 0.862. The van der Waals surface area contributed by atoms with Crippen molar-refractivity contribution in [2.24, 2.45) is 11.1 Å². The number of aromatic nitrogens is 1. The van der Waals surface area contributed by atoms with Crippen molar-refractivity contribution in [3.8, 4) is 0 Å². The molecule has 0 aliphatic carbocycles. The predicted octanol–water partition coefficient (Wildman–Crippen LogP) is 3.55. The van der Waals surface area contributed by atoms with Crippen LogP contribution in [0.25, 0.3) is 10.9 Å². The topological polar surface area (TPSA) is 30.9 Å². The average molecular weight is 248 g/mol. The van der Waals surface area contributed by atoms with E-state index in [4.69, 9.17) is 5.73 Å². The van der Waals surface area contributed by atoms with Crippen molar-refractivity contribution in [2.45, 2.75) is 33.2 Å². The smallest absolute Gasteiger partial charge is 0.123 e. The normalized spacial score (nSPS) is 12.2. The van der Waals surface area contributed by atoms with Gasteiger partial charge in [-0.05, 0) is 49.1 Å². The second kappa shape index (κ2) is 5.11. The monoisotopic (exact) mass is 248 g/mol. The van der Waals surface area contributed by atoms with Crippen LogP contribution in [0.5, 0.6) is 0 Å². The van der Waals surface area contributed by atoms with Gasteiger partial charge in [-0.1, -0.05) is 13.8 Å². The summed E-state index contributed by atoms with van der Waals surface area (Å²) in [6.45, 7) is 6.05. The second-order valence-corrected chi connectivity index (χ2v) is 5.68. The van der Waals surface area contributed by atoms with Crippen molar-refractivity contribution in [2.75, 3.05) is 6.54 Å². The van der Waals surface area contributed by atoms with E-state index in [1.54, 1.807) is 6.07 Å². The lowest BCUT2D eigenvalue weighted by Crippen LogP contribution is -2.23. The van der Waals surface area contributed by atoms with Crippen LogP contribution >= 0.6 is 0 Å². The number of nitrogens with zero attached hydrogens (tertiary/aromatic N) is 1. The molecule has 1 aromatic heterocycles. The lowest BCUT2D eigenvalue weighted by atomic mass is 9.88. The van der Waals surface area contributed by atoms with Crippen LogP contribution in [0.4, 0.5) is 4.39 Å². The van der Waals surface area contributed by atoms with Gasteiger partial charge in [0.15, 0.2) is 0 Å². The lowest BCUT2D eigenvalue weighted by Gasteiger charge is -2.22. The summed E-state index contributed by atoms with van der Waals surface area (Å²) in [5.41, 5.74) is 7.03. The molecule has 1 aromatic carbocycles. The Balaban J connectivity index is 2.04. The SMILES string of the molecule is CC(C)(CN)CCCn1ccc2cc(F)ccc21. The zero-order valence-corrected chi connectivity index (χ0v) is 11.1. The van der Waals surface area contributed by atoms with Crippen molar-refractivity contribution in [3.63, 3.8) is 0 Å². The van der Waals surface area contributed by atoms with Crippen LogP contribution in [-0.4, -0.2) is 11.1 Å². The van der Waals surface area contributed by atoms with Crippen LogP contribution in [0, 0.1) is 11.2 Å². The summed E-state index contributed by atoms with van der Waals surface area (Å²) in [6.07, 6.45) is 4.22. The molecule has 2 nitrogen and oxygen atoms in total. The maximum absolute atomic E-state index is 13.1. The van der Waals surface area contributed by atoms with Crippen LogP contribution in [0.15, 0.2) is 30.5 Å². The van der Waals surface area contributed by atoms with E-state index in [0.29, 0.717) is 6.54 Å². The van der Waals surface area contributed by atoms with Crippen molar-refractivity contribution in [1.82, 2.24) is 4.57 Å². The first-order valence-electron chi connectivity index (χ1n) is 6.46. The van der Waals surface area contributed by atoms with Gasteiger partial charge in [0.2, 0.25) is 0 Å². The Morgan fingerprint density at radius 2 is 2.06 bits per heavy atom. The Labute approximate surface area is 108 Å². The van der Waals surface area contributed by atoms with E-state index >= 15 is 0 Å². The van der Waals surface area contributed by atoms with E-state index in [1.807, 2.05) is 18.3 Å². The first kappa shape index (κ1) is 13.1. The van der Waals surface area contributed by atoms with E-state index in [2.05, 4.69) is 18.4 Å². The van der Waals surface area contributed by atoms with Gasteiger partial charge >= 0.3 is 0 Å². The molecule has 0 fully saturated rings. The molecule has 0 bridgehead atoms. The second-order valence-electron chi connectivity index (χ2n) is 5.68. The molecule has 0 spiro atoms. The van der Waals surface area contributed by atoms with Gasteiger partial charge in [-0.3, -0.25) is 0 Å². The zero-order chi connectivity index (χ0) is 13.2. The maximum Gasteiger partial charge on any atom is 0.123 e. The van der Waals surface area contributed by atoms with Gasteiger partial charge in [0.05, 0.1) is 0 Å². The molecule has 0 saturated carbocycles. The number of rotatable bonds is 5. The van der Waals surface area contributed by atoms with E-state index in [0.717, 1.165) is 30.3 Å². The minimum absolute atomic E-state index is 0.176. The number of fused-ring (bicyclic) bond motifs is 1. The molecule has 2 N–H and O–H groups in total. The van der Waals surface area contributed by atoms with E-state index in [9.17, 15) is 4.39 Å². The van der Waals surface area contributed by atoms with Gasteiger partial charge in [-0.25, -0.2) is 4.39 Å². The number of nitrogens with two attached hydrogens (primary N) is 1. The lowest BCUT2D eigenvalue weighted by molar-refractivity contribution is 0.328. The summed E-state index contributed by atoms with van der Waals surface area (Å²) >= 11 is 0. The minimum Gasteiger partial charge on any atom is -0.347 e. The Morgan fingerprint density at radius 3 is 2.78 bits per heavy atom. The molecule has 98 valence electrons. The molecular weight excluding hydrogens is 227 g/mol. The molecule has 1 heterocycles. The molecule has 18 heavy (non-hydrogen) atoms. The third-order valence-corrected chi connectivity index (χ3v) is 3.54. The maximum atomic E-state index is 13.1. The van der Waals surface area contributed by atoms with E-state index < -0.39 is 0 Å². The molecule has 0 atom stereocenters. The molecule has 0 saturated heterocycles. The van der Waals surface area contributed by atoms with Crippen molar-refractivity contribution < 1.29 is 4.39 Å². The molecule has 0 amide bonds. The van der Waals surface area contributed by atoms with Gasteiger partial charge < -0.3 is 10.3 Å². The highest BCUT2D eigenvalue weighted by atomic mass is 19.1. The van der Waals surface area contributed by atoms with Crippen molar-refractivity contribution in [1.29, 1.82) is 0 Å². The summed E-state index contributed by atoms with van der Waals surface area (Å²) in [4.78, 5) is 0. The molecular formula is C15H21FN2. The summed E-state index contributed by atoms with van der Waals surface area (Å²) in [7, 11) is 0. The average Bonchev–Trinajstić information content (AvgIpc) is 2.71. The largest absolute Gasteiger partial charge is 0.347 e. The first-order valence-corrected chi connectivity index (χ1v) is 6.46. The van der Waals surface area contributed by atoms with Gasteiger partial charge in [0.1, 0.15) is 5.82 Å². The number of hydrogen-bond acceptors (Lipinski definition) is 1. The summed E-state index contributed by atoms with van der Waals surface area (Å²) < 4.78 is 15.3. The van der Waals surface area contributed by atoms with Gasteiger partial charge in [-0.2, -0.15) is 0 Å². The van der Waals surface area contributed by atoms with Gasteiger partial charge in [0, 0.05) is 23.6 Å². The molecule has 2 rings (SSSR count). The predicted molar refractivity (Wildman–Crippen MR) is 74.0 cm³/mol. The Kier molecular flexibility index (Phi) is 3.71. The van der Waals surface area contributed by atoms with Gasteiger partial charge in [-0.15, -0.1) is 0 Å². The highest BCUT2D eigenvalue weighted by Crippen LogP contribution is 2.22. The van der Waals surface area contributed by atoms with Crippen LogP contribution in [0.1, 0.15) is 26.7 Å². The molecule has 0 aliphatic heterocycles. The molecule has 3 heteroatoms. The van der Waals surface area contributed by atoms with Crippen LogP contribution < -0.4 is 5.73 Å². The standard InChI is InChI=1S/C15H21FN2/c1-15(2,11-17)7-3-8-18-9-6-12-10-13(16)4-5-14(12)18/h4-6,9-10H,3,7-8,11,17H2,1-2H3. The third kappa shape index (κ3) is 2.91. The zero-order valence-electron chi connectivity index (χ0n) is 11.1. The van der Waals surface area contributed by atoms with Gasteiger partial charge in [0.25, 0.3) is 0 Å². The Hall–Kier alpha value is -1.35. The fourth-order valence-corrected chi connectivity index (χ4v) is 2.20. The fourth-order valence-electron chi connectivity index (χ4n) is 2.20. The summed E-state index contributed by atoms with van der Waals surface area (Å²) in [6, 6.07) is 6.91. The molecule has 0 radical (unpaired) electrons. The highest BCUT2D eigenvalue weighted by molar-refractivity contribution is 5.80. The van der Waals surface area contributed by atoms with Crippen molar-refractivity contribution in [3.05, 3.63) is 36.3 Å². The van der Waals surface area contributed by atoms with Crippen molar-refractivity contribution >= 4 is 10.9 Å².